The summed E-state index contributed by atoms with van der Waals surface area (Å²) >= 11 is 6.37. The number of carbonyl (C=O) groups excluding carboxylic acids is 1. The fraction of sp³-hybridized carbons (Fsp3) is 0.273. The van der Waals surface area contributed by atoms with Crippen LogP contribution in [0.1, 0.15) is 12.8 Å². The Morgan fingerprint density at radius 3 is 2.79 bits per heavy atom. The van der Waals surface area contributed by atoms with Crippen LogP contribution in [0.5, 0.6) is 5.75 Å². The van der Waals surface area contributed by atoms with Crippen LogP contribution in [-0.2, 0) is 9.53 Å². The fourth-order valence-corrected chi connectivity index (χ4v) is 3.58. The van der Waals surface area contributed by atoms with E-state index < -0.39 is 5.63 Å². The van der Waals surface area contributed by atoms with Gasteiger partial charge in [0.05, 0.1) is 11.1 Å². The van der Waals surface area contributed by atoms with Crippen LogP contribution in [0.3, 0.4) is 0 Å². The highest BCUT2D eigenvalue weighted by atomic mass is 35.5. The molecule has 1 aliphatic heterocycles. The second kappa shape index (κ2) is 8.68. The van der Waals surface area contributed by atoms with Gasteiger partial charge in [0.15, 0.2) is 6.61 Å². The Morgan fingerprint density at radius 2 is 2.03 bits per heavy atom. The molecule has 1 N–H and O–H groups in total. The van der Waals surface area contributed by atoms with E-state index in [-0.39, 0.29) is 24.4 Å². The van der Waals surface area contributed by atoms with E-state index >= 15 is 0 Å². The van der Waals surface area contributed by atoms with E-state index in [4.69, 9.17) is 25.5 Å². The van der Waals surface area contributed by atoms with Crippen LogP contribution in [-0.4, -0.2) is 31.8 Å². The molecule has 0 saturated carbocycles. The molecule has 1 amide bonds. The lowest BCUT2D eigenvalue weighted by Crippen LogP contribution is -2.35. The molecule has 1 atom stereocenters. The van der Waals surface area contributed by atoms with Crippen LogP contribution in [0.4, 0.5) is 0 Å². The van der Waals surface area contributed by atoms with E-state index in [1.807, 2.05) is 30.3 Å². The number of amides is 1. The van der Waals surface area contributed by atoms with Crippen molar-refractivity contribution in [2.75, 3.05) is 19.8 Å². The van der Waals surface area contributed by atoms with Gasteiger partial charge in [0.2, 0.25) is 0 Å². The molecule has 1 saturated heterocycles. The normalized spacial score (nSPS) is 16.1. The van der Waals surface area contributed by atoms with Gasteiger partial charge in [-0.3, -0.25) is 4.79 Å². The van der Waals surface area contributed by atoms with Crippen molar-refractivity contribution >= 4 is 28.5 Å². The maximum Gasteiger partial charge on any atom is 0.336 e. The molecule has 2 aromatic carbocycles. The number of hydrogen-bond acceptors (Lipinski definition) is 5. The SMILES string of the molecule is O=C(COc1cc2oc(=O)cc(-c3ccccc3)c2cc1Cl)NC[C@@H]1CCCO1. The van der Waals surface area contributed by atoms with E-state index in [1.54, 1.807) is 12.1 Å². The minimum absolute atomic E-state index is 0.0638. The first-order valence-corrected chi connectivity index (χ1v) is 9.82. The highest BCUT2D eigenvalue weighted by Crippen LogP contribution is 2.34. The van der Waals surface area contributed by atoms with E-state index in [2.05, 4.69) is 5.32 Å². The number of rotatable bonds is 6. The maximum atomic E-state index is 12.0. The van der Waals surface area contributed by atoms with E-state index in [0.29, 0.717) is 22.5 Å². The molecule has 7 heteroatoms. The van der Waals surface area contributed by atoms with Gasteiger partial charge in [-0.05, 0) is 30.0 Å². The molecule has 0 spiro atoms. The Kier molecular flexibility index (Phi) is 5.83. The number of ether oxygens (including phenoxy) is 2. The highest BCUT2D eigenvalue weighted by molar-refractivity contribution is 6.33. The number of fused-ring (bicyclic) bond motifs is 1. The number of hydrogen-bond donors (Lipinski definition) is 1. The predicted octanol–water partition coefficient (Wildman–Crippen LogP) is 3.79. The van der Waals surface area contributed by atoms with Crippen molar-refractivity contribution in [1.29, 1.82) is 0 Å². The molecule has 4 rings (SSSR count). The van der Waals surface area contributed by atoms with Crippen LogP contribution in [0.15, 0.2) is 57.7 Å². The Morgan fingerprint density at radius 1 is 1.21 bits per heavy atom. The largest absolute Gasteiger partial charge is 0.482 e. The average Bonchev–Trinajstić information content (AvgIpc) is 3.25. The van der Waals surface area contributed by atoms with Crippen molar-refractivity contribution in [3.63, 3.8) is 0 Å². The number of nitrogens with one attached hydrogen (secondary N) is 1. The zero-order valence-corrected chi connectivity index (χ0v) is 16.4. The van der Waals surface area contributed by atoms with Crippen molar-refractivity contribution < 1.29 is 18.7 Å². The standard InChI is InChI=1S/C22H20ClNO5/c23-18-9-17-16(14-5-2-1-3-6-14)10-22(26)29-19(17)11-20(18)28-13-21(25)24-12-15-7-4-8-27-15/h1-3,5-6,9-11,15H,4,7-8,12-13H2,(H,24,25)/t15-/m0/s1. The zero-order chi connectivity index (χ0) is 20.2. The van der Waals surface area contributed by atoms with Crippen LogP contribution in [0.25, 0.3) is 22.1 Å². The Hall–Kier alpha value is -2.83. The molecule has 29 heavy (non-hydrogen) atoms. The third kappa shape index (κ3) is 4.60. The van der Waals surface area contributed by atoms with Crippen LogP contribution in [0, 0.1) is 0 Å². The monoisotopic (exact) mass is 413 g/mol. The van der Waals surface area contributed by atoms with Gasteiger partial charge in [-0.2, -0.15) is 0 Å². The van der Waals surface area contributed by atoms with Crippen LogP contribution < -0.4 is 15.7 Å². The van der Waals surface area contributed by atoms with E-state index in [9.17, 15) is 9.59 Å². The van der Waals surface area contributed by atoms with Crippen molar-refractivity contribution in [1.82, 2.24) is 5.32 Å². The lowest BCUT2D eigenvalue weighted by atomic mass is 10.0. The van der Waals surface area contributed by atoms with Gasteiger partial charge in [-0.25, -0.2) is 4.79 Å². The van der Waals surface area contributed by atoms with E-state index in [0.717, 1.165) is 30.6 Å². The third-order valence-electron chi connectivity index (χ3n) is 4.79. The lowest BCUT2D eigenvalue weighted by Gasteiger charge is -2.13. The summed E-state index contributed by atoms with van der Waals surface area (Å²) in [5.74, 6) is 0.0101. The molecule has 3 aromatic rings. The molecule has 0 unspecified atom stereocenters. The quantitative estimate of drug-likeness (QED) is 0.622. The van der Waals surface area contributed by atoms with Gasteiger partial charge in [0, 0.05) is 30.7 Å². The summed E-state index contributed by atoms with van der Waals surface area (Å²) in [6, 6.07) is 14.2. The lowest BCUT2D eigenvalue weighted by molar-refractivity contribution is -0.123. The van der Waals surface area contributed by atoms with Crippen molar-refractivity contribution in [3.05, 3.63) is 64.0 Å². The first-order chi connectivity index (χ1) is 14.1. The second-order valence-electron chi connectivity index (χ2n) is 6.85. The van der Waals surface area contributed by atoms with Crippen molar-refractivity contribution in [2.45, 2.75) is 18.9 Å². The summed E-state index contributed by atoms with van der Waals surface area (Å²) in [5.41, 5.74) is 1.47. The summed E-state index contributed by atoms with van der Waals surface area (Å²) in [6.07, 6.45) is 2.02. The van der Waals surface area contributed by atoms with Gasteiger partial charge in [0.1, 0.15) is 11.3 Å². The van der Waals surface area contributed by atoms with Gasteiger partial charge >= 0.3 is 5.63 Å². The minimum Gasteiger partial charge on any atom is -0.482 e. The van der Waals surface area contributed by atoms with E-state index in [1.165, 1.54) is 6.07 Å². The third-order valence-corrected chi connectivity index (χ3v) is 5.09. The smallest absolute Gasteiger partial charge is 0.336 e. The second-order valence-corrected chi connectivity index (χ2v) is 7.26. The van der Waals surface area contributed by atoms with Gasteiger partial charge < -0.3 is 19.2 Å². The summed E-state index contributed by atoms with van der Waals surface area (Å²) in [4.78, 5) is 24.1. The zero-order valence-electron chi connectivity index (χ0n) is 15.7. The number of carbonyl (C=O) groups is 1. The minimum atomic E-state index is -0.473. The molecular formula is C22H20ClNO5. The first-order valence-electron chi connectivity index (χ1n) is 9.44. The predicted molar refractivity (Wildman–Crippen MR) is 110 cm³/mol. The Balaban J connectivity index is 1.53. The summed E-state index contributed by atoms with van der Waals surface area (Å²) in [6.45, 7) is 1.00. The highest BCUT2D eigenvalue weighted by Gasteiger charge is 2.17. The molecular weight excluding hydrogens is 394 g/mol. The molecule has 150 valence electrons. The Bertz CT molecular complexity index is 1070. The number of benzene rings is 2. The molecule has 6 nitrogen and oxygen atoms in total. The summed E-state index contributed by atoms with van der Waals surface area (Å²) < 4.78 is 16.4. The molecule has 2 heterocycles. The first kappa shape index (κ1) is 19.5. The van der Waals surface area contributed by atoms with Gasteiger partial charge in [-0.15, -0.1) is 0 Å². The van der Waals surface area contributed by atoms with Crippen LogP contribution in [0.2, 0.25) is 5.02 Å². The number of halogens is 1. The fourth-order valence-electron chi connectivity index (χ4n) is 3.36. The maximum absolute atomic E-state index is 12.0. The molecule has 0 bridgehead atoms. The molecule has 1 aromatic heterocycles. The van der Waals surface area contributed by atoms with Crippen molar-refractivity contribution in [2.24, 2.45) is 0 Å². The average molecular weight is 414 g/mol. The molecule has 1 aliphatic rings. The molecule has 1 fully saturated rings. The van der Waals surface area contributed by atoms with Gasteiger partial charge in [0.25, 0.3) is 5.91 Å². The molecule has 0 aliphatic carbocycles. The van der Waals surface area contributed by atoms with Crippen LogP contribution >= 0.6 is 11.6 Å². The van der Waals surface area contributed by atoms with Crippen molar-refractivity contribution in [3.8, 4) is 16.9 Å². The topological polar surface area (TPSA) is 77.8 Å². The van der Waals surface area contributed by atoms with Gasteiger partial charge in [-0.1, -0.05) is 41.9 Å². The summed E-state index contributed by atoms with van der Waals surface area (Å²) in [5, 5.41) is 3.81. The molecule has 0 radical (unpaired) electrons. The summed E-state index contributed by atoms with van der Waals surface area (Å²) in [7, 11) is 0. The Labute approximate surface area is 172 Å².